The average molecular weight is 307 g/mol. The summed E-state index contributed by atoms with van der Waals surface area (Å²) < 4.78 is 0.604. The molecule has 4 heteroatoms. The molecule has 0 fully saturated rings. The molecule has 1 N–H and O–H groups in total. The number of halogens is 1. The van der Waals surface area contributed by atoms with Crippen molar-refractivity contribution in [3.05, 3.63) is 34.7 Å². The molecule has 15 heavy (non-hydrogen) atoms. The summed E-state index contributed by atoms with van der Waals surface area (Å²) in [6.07, 6.45) is 1.02. The topological polar surface area (TPSA) is 71.4 Å². The van der Waals surface area contributed by atoms with Crippen molar-refractivity contribution in [1.29, 1.82) is 15.9 Å². The summed E-state index contributed by atoms with van der Waals surface area (Å²) in [5.74, 6) is 0. The van der Waals surface area contributed by atoms with Gasteiger partial charge in [-0.05, 0) is 33.0 Å². The number of nitriles is 2. The summed E-state index contributed by atoms with van der Waals surface area (Å²) in [5.41, 5.74) is 0.313. The smallest absolute Gasteiger partial charge is 0.106 e. The van der Waals surface area contributed by atoms with Gasteiger partial charge in [-0.3, -0.25) is 0 Å². The lowest BCUT2D eigenvalue weighted by atomic mass is 10.2. The van der Waals surface area contributed by atoms with Gasteiger partial charge in [-0.25, -0.2) is 0 Å². The summed E-state index contributed by atoms with van der Waals surface area (Å²) in [6.45, 7) is 0. The molecule has 1 aromatic carbocycles. The second-order valence-electron chi connectivity index (χ2n) is 2.67. The van der Waals surface area contributed by atoms with Crippen LogP contribution in [0.4, 0.5) is 0 Å². The Balaban J connectivity index is 3.50. The van der Waals surface area contributed by atoms with Crippen LogP contribution in [-0.2, 0) is 0 Å². The third-order valence-corrected chi connectivity index (χ3v) is 2.68. The standard InChI is InChI=1S/C11H6IN3/c12-11(7-15)9-3-1-8(2-4-9)10(5-13)6-14/h1-5,13H. The average Bonchev–Trinajstić information content (AvgIpc) is 2.30. The van der Waals surface area contributed by atoms with Gasteiger partial charge in [0.15, 0.2) is 0 Å². The van der Waals surface area contributed by atoms with E-state index in [1.807, 2.05) is 34.7 Å². The van der Waals surface area contributed by atoms with Crippen LogP contribution >= 0.6 is 22.6 Å². The van der Waals surface area contributed by atoms with Gasteiger partial charge in [0.05, 0.1) is 9.15 Å². The van der Waals surface area contributed by atoms with Crippen LogP contribution in [0.25, 0.3) is 9.15 Å². The summed E-state index contributed by atoms with van der Waals surface area (Å²) in [6, 6.07) is 11.0. The highest BCUT2D eigenvalue weighted by Crippen LogP contribution is 2.00. The van der Waals surface area contributed by atoms with Crippen molar-refractivity contribution in [2.45, 2.75) is 0 Å². The van der Waals surface area contributed by atoms with Crippen molar-refractivity contribution in [3.8, 4) is 12.1 Å². The molecule has 1 aromatic rings. The fourth-order valence-corrected chi connectivity index (χ4v) is 1.40. The van der Waals surface area contributed by atoms with Crippen molar-refractivity contribution >= 4 is 38.0 Å². The maximum Gasteiger partial charge on any atom is 0.106 e. The number of nitrogens with one attached hydrogen (secondary N) is 1. The molecule has 72 valence electrons. The molecule has 0 atom stereocenters. The molecule has 0 radical (unpaired) electrons. The van der Waals surface area contributed by atoms with E-state index < -0.39 is 0 Å². The van der Waals surface area contributed by atoms with E-state index in [1.165, 1.54) is 0 Å². The first kappa shape index (κ1) is 11.4. The molecule has 0 aliphatic heterocycles. The van der Waals surface area contributed by atoms with Crippen LogP contribution in [0.5, 0.6) is 0 Å². The summed E-state index contributed by atoms with van der Waals surface area (Å²) in [5, 5.41) is 25.9. The number of hydrogen-bond acceptors (Lipinski definition) is 3. The fourth-order valence-electron chi connectivity index (χ4n) is 1.04. The molecule has 0 spiro atoms. The number of hydrogen-bond donors (Lipinski definition) is 1. The van der Waals surface area contributed by atoms with E-state index in [4.69, 9.17) is 15.9 Å². The maximum atomic E-state index is 8.71. The Morgan fingerprint density at radius 1 is 1.13 bits per heavy atom. The Morgan fingerprint density at radius 3 is 2.07 bits per heavy atom. The van der Waals surface area contributed by atoms with E-state index in [1.54, 1.807) is 24.3 Å². The van der Waals surface area contributed by atoms with Gasteiger partial charge in [0.1, 0.15) is 12.1 Å². The van der Waals surface area contributed by atoms with E-state index >= 15 is 0 Å². The third kappa shape index (κ3) is 2.64. The van der Waals surface area contributed by atoms with Crippen molar-refractivity contribution in [1.82, 2.24) is 0 Å². The van der Waals surface area contributed by atoms with E-state index in [0.717, 1.165) is 11.4 Å². The Labute approximate surface area is 101 Å². The van der Waals surface area contributed by atoms with Crippen LogP contribution in [0, 0.1) is 28.1 Å². The van der Waals surface area contributed by atoms with Gasteiger partial charge in [-0.1, -0.05) is 24.3 Å². The molecule has 0 saturated heterocycles. The largest absolute Gasteiger partial charge is 0.307 e. The summed E-state index contributed by atoms with van der Waals surface area (Å²) in [7, 11) is 0. The molecule has 0 bridgehead atoms. The highest BCUT2D eigenvalue weighted by Gasteiger charge is 1.92. The van der Waals surface area contributed by atoms with Crippen LogP contribution in [0.2, 0.25) is 0 Å². The normalized spacial score (nSPS) is 8.47. The lowest BCUT2D eigenvalue weighted by molar-refractivity contribution is 1.49. The molecule has 0 aliphatic rings. The Hall–Kier alpha value is -1.66. The van der Waals surface area contributed by atoms with Gasteiger partial charge >= 0.3 is 0 Å². The van der Waals surface area contributed by atoms with E-state index in [0.29, 0.717) is 14.4 Å². The minimum absolute atomic E-state index is 0.313. The summed E-state index contributed by atoms with van der Waals surface area (Å²) >= 11 is 1.96. The first-order chi connectivity index (χ1) is 7.22. The highest BCUT2D eigenvalue weighted by atomic mass is 127. The first-order valence-corrected chi connectivity index (χ1v) is 5.11. The van der Waals surface area contributed by atoms with Crippen molar-refractivity contribution in [3.63, 3.8) is 0 Å². The van der Waals surface area contributed by atoms with Gasteiger partial charge in [-0.2, -0.15) is 10.5 Å². The van der Waals surface area contributed by atoms with Crippen LogP contribution in [0.1, 0.15) is 0 Å². The zero-order chi connectivity index (χ0) is 11.3. The Kier molecular flexibility index (Phi) is 4.02. The monoisotopic (exact) mass is 307 g/mol. The third-order valence-electron chi connectivity index (χ3n) is 1.81. The Bertz CT molecular complexity index is 564. The highest BCUT2D eigenvalue weighted by molar-refractivity contribution is 14.1. The molecular weight excluding hydrogens is 301 g/mol. The van der Waals surface area contributed by atoms with Gasteiger partial charge in [-0.15, -0.1) is 0 Å². The van der Waals surface area contributed by atoms with Gasteiger partial charge in [0.2, 0.25) is 0 Å². The Morgan fingerprint density at radius 2 is 1.67 bits per heavy atom. The van der Waals surface area contributed by atoms with Crippen molar-refractivity contribution in [2.24, 2.45) is 0 Å². The SMILES string of the molecule is N#CC(I)=c1ccc(=C(C#N)C=N)cc1. The predicted octanol–water partition coefficient (Wildman–Crippen LogP) is 1.08. The van der Waals surface area contributed by atoms with Crippen LogP contribution in [-0.4, -0.2) is 6.21 Å². The van der Waals surface area contributed by atoms with Crippen molar-refractivity contribution in [2.75, 3.05) is 0 Å². The minimum Gasteiger partial charge on any atom is -0.307 e. The minimum atomic E-state index is 0.313. The molecule has 0 heterocycles. The molecule has 0 unspecified atom stereocenters. The maximum absolute atomic E-state index is 8.71. The molecule has 0 aliphatic carbocycles. The summed E-state index contributed by atoms with van der Waals surface area (Å²) in [4.78, 5) is 0. The quantitative estimate of drug-likeness (QED) is 0.623. The molecule has 3 nitrogen and oxygen atoms in total. The lowest BCUT2D eigenvalue weighted by Gasteiger charge is -1.89. The predicted molar refractivity (Wildman–Crippen MR) is 66.5 cm³/mol. The van der Waals surface area contributed by atoms with Gasteiger partial charge < -0.3 is 5.41 Å². The van der Waals surface area contributed by atoms with E-state index in [9.17, 15) is 0 Å². The fraction of sp³-hybridized carbons (Fsp3) is 0. The van der Waals surface area contributed by atoms with E-state index in [-0.39, 0.29) is 0 Å². The molecule has 0 saturated carbocycles. The number of rotatable bonds is 1. The molecular formula is C11H6IN3. The van der Waals surface area contributed by atoms with Crippen LogP contribution in [0.3, 0.4) is 0 Å². The van der Waals surface area contributed by atoms with Crippen molar-refractivity contribution < 1.29 is 0 Å². The molecule has 1 rings (SSSR count). The van der Waals surface area contributed by atoms with Crippen LogP contribution < -0.4 is 10.4 Å². The second kappa shape index (κ2) is 5.28. The zero-order valence-corrected chi connectivity index (χ0v) is 9.82. The van der Waals surface area contributed by atoms with Crippen LogP contribution in [0.15, 0.2) is 24.3 Å². The number of benzene rings is 1. The van der Waals surface area contributed by atoms with Gasteiger partial charge in [0, 0.05) is 6.21 Å². The first-order valence-electron chi connectivity index (χ1n) is 4.03. The van der Waals surface area contributed by atoms with E-state index in [2.05, 4.69) is 0 Å². The number of nitrogens with zero attached hydrogens (tertiary/aromatic N) is 2. The lowest BCUT2D eigenvalue weighted by Crippen LogP contribution is -2.11. The second-order valence-corrected chi connectivity index (χ2v) is 3.75. The molecule has 0 aromatic heterocycles. The zero-order valence-electron chi connectivity index (χ0n) is 7.66. The molecule has 0 amide bonds. The van der Waals surface area contributed by atoms with Gasteiger partial charge in [0.25, 0.3) is 0 Å².